The van der Waals surface area contributed by atoms with E-state index < -0.39 is 11.6 Å². The Kier molecular flexibility index (Phi) is 3.07. The van der Waals surface area contributed by atoms with Gasteiger partial charge in [-0.05, 0) is 18.6 Å². The summed E-state index contributed by atoms with van der Waals surface area (Å²) in [5.74, 6) is 0.154. The second-order valence-electron chi connectivity index (χ2n) is 4.20. The maximum Gasteiger partial charge on any atom is 0.338 e. The number of esters is 1. The second-order valence-corrected chi connectivity index (χ2v) is 4.20. The zero-order chi connectivity index (χ0) is 12.5. The molecule has 4 heteroatoms. The third-order valence-electron chi connectivity index (χ3n) is 3.06. The molecular weight excluding hydrogens is 220 g/mol. The molecule has 0 radical (unpaired) electrons. The molecule has 17 heavy (non-hydrogen) atoms. The van der Waals surface area contributed by atoms with Crippen molar-refractivity contribution in [3.8, 4) is 5.75 Å². The van der Waals surface area contributed by atoms with Crippen LogP contribution in [0.5, 0.6) is 5.75 Å². The molecule has 1 N–H and O–H groups in total. The molecule has 0 aliphatic heterocycles. The Labute approximate surface area is 100 Å². The lowest BCUT2D eigenvalue weighted by atomic mass is 10.0. The van der Waals surface area contributed by atoms with Gasteiger partial charge in [0.15, 0.2) is 5.60 Å². The average Bonchev–Trinajstić information content (AvgIpc) is 2.66. The highest BCUT2D eigenvalue weighted by atomic mass is 16.5. The molecule has 1 aliphatic carbocycles. The minimum absolute atomic E-state index is 0.255. The van der Waals surface area contributed by atoms with Gasteiger partial charge in [0.1, 0.15) is 5.75 Å². The van der Waals surface area contributed by atoms with Gasteiger partial charge in [0.25, 0.3) is 0 Å². The molecule has 1 unspecified atom stereocenters. The molecule has 0 spiro atoms. The number of benzene rings is 1. The van der Waals surface area contributed by atoms with Crippen molar-refractivity contribution in [3.05, 3.63) is 29.3 Å². The molecule has 1 atom stereocenters. The Hall–Kier alpha value is -1.55. The van der Waals surface area contributed by atoms with Crippen LogP contribution in [-0.4, -0.2) is 30.4 Å². The first-order valence-corrected chi connectivity index (χ1v) is 5.65. The Morgan fingerprint density at radius 2 is 2.24 bits per heavy atom. The van der Waals surface area contributed by atoms with Crippen molar-refractivity contribution in [1.29, 1.82) is 0 Å². The number of hydrogen-bond donors (Lipinski definition) is 1. The van der Waals surface area contributed by atoms with Crippen LogP contribution in [0.15, 0.2) is 18.2 Å². The quantitative estimate of drug-likeness (QED) is 0.798. The molecule has 1 aliphatic rings. The summed E-state index contributed by atoms with van der Waals surface area (Å²) in [5, 5.41) is 10.3. The highest BCUT2D eigenvalue weighted by Crippen LogP contribution is 2.36. The Morgan fingerprint density at radius 1 is 1.47 bits per heavy atom. The van der Waals surface area contributed by atoms with Gasteiger partial charge in [-0.2, -0.15) is 0 Å². The maximum atomic E-state index is 11.7. The highest BCUT2D eigenvalue weighted by Gasteiger charge is 2.44. The minimum Gasteiger partial charge on any atom is -0.496 e. The van der Waals surface area contributed by atoms with Gasteiger partial charge in [0.2, 0.25) is 0 Å². The van der Waals surface area contributed by atoms with E-state index in [0.717, 1.165) is 11.1 Å². The Morgan fingerprint density at radius 3 is 2.88 bits per heavy atom. The molecule has 2 rings (SSSR count). The minimum atomic E-state index is -1.44. The van der Waals surface area contributed by atoms with Crippen LogP contribution in [0.4, 0.5) is 0 Å². The maximum absolute atomic E-state index is 11.7. The van der Waals surface area contributed by atoms with Crippen LogP contribution >= 0.6 is 0 Å². The number of carbonyl (C=O) groups excluding carboxylic acids is 1. The van der Waals surface area contributed by atoms with Crippen molar-refractivity contribution in [2.75, 3.05) is 13.7 Å². The van der Waals surface area contributed by atoms with Gasteiger partial charge in [-0.3, -0.25) is 0 Å². The molecule has 0 aromatic heterocycles. The number of rotatable bonds is 3. The number of ether oxygens (including phenoxy) is 2. The zero-order valence-electron chi connectivity index (χ0n) is 10.0. The summed E-state index contributed by atoms with van der Waals surface area (Å²) in [6.07, 6.45) is 0.545. The smallest absolute Gasteiger partial charge is 0.338 e. The van der Waals surface area contributed by atoms with Crippen molar-refractivity contribution in [1.82, 2.24) is 0 Å². The van der Waals surface area contributed by atoms with Gasteiger partial charge in [0, 0.05) is 18.4 Å². The van der Waals surface area contributed by atoms with Gasteiger partial charge >= 0.3 is 5.97 Å². The predicted octanol–water partition coefficient (Wildman–Crippen LogP) is 1.09. The van der Waals surface area contributed by atoms with Crippen LogP contribution in [0.2, 0.25) is 0 Å². The molecule has 0 heterocycles. The number of carbonyl (C=O) groups is 1. The standard InChI is InChI=1S/C13H16O4/c1-3-17-12(14)13(15)7-9-5-4-6-11(16-2)10(9)8-13/h4-6,15H,3,7-8H2,1-2H3. The fourth-order valence-corrected chi connectivity index (χ4v) is 2.25. The van der Waals surface area contributed by atoms with E-state index in [4.69, 9.17) is 9.47 Å². The van der Waals surface area contributed by atoms with Crippen molar-refractivity contribution >= 4 is 5.97 Å². The van der Waals surface area contributed by atoms with Gasteiger partial charge < -0.3 is 14.6 Å². The molecular formula is C13H16O4. The van der Waals surface area contributed by atoms with E-state index in [1.165, 1.54) is 0 Å². The summed E-state index contributed by atoms with van der Waals surface area (Å²) in [7, 11) is 1.58. The van der Waals surface area contributed by atoms with E-state index in [1.807, 2.05) is 18.2 Å². The van der Waals surface area contributed by atoms with Crippen LogP contribution in [0, 0.1) is 0 Å². The molecule has 0 amide bonds. The van der Waals surface area contributed by atoms with Crippen molar-refractivity contribution in [3.63, 3.8) is 0 Å². The molecule has 1 aromatic rings. The van der Waals surface area contributed by atoms with Gasteiger partial charge in [-0.25, -0.2) is 4.79 Å². The van der Waals surface area contributed by atoms with Crippen LogP contribution in [0.3, 0.4) is 0 Å². The molecule has 0 bridgehead atoms. The second kappa shape index (κ2) is 4.37. The third kappa shape index (κ3) is 2.00. The number of fused-ring (bicyclic) bond motifs is 1. The first-order chi connectivity index (χ1) is 8.10. The number of aliphatic hydroxyl groups is 1. The average molecular weight is 236 g/mol. The van der Waals surface area contributed by atoms with Crippen molar-refractivity contribution in [2.24, 2.45) is 0 Å². The van der Waals surface area contributed by atoms with E-state index >= 15 is 0 Å². The summed E-state index contributed by atoms with van der Waals surface area (Å²) in [5.41, 5.74) is 0.401. The van der Waals surface area contributed by atoms with E-state index in [1.54, 1.807) is 14.0 Å². The summed E-state index contributed by atoms with van der Waals surface area (Å²) in [6, 6.07) is 5.58. The molecule has 0 saturated heterocycles. The van der Waals surface area contributed by atoms with E-state index in [9.17, 15) is 9.90 Å². The topological polar surface area (TPSA) is 55.8 Å². The molecule has 92 valence electrons. The van der Waals surface area contributed by atoms with E-state index in [-0.39, 0.29) is 13.0 Å². The van der Waals surface area contributed by atoms with Crippen LogP contribution in [0.25, 0.3) is 0 Å². The van der Waals surface area contributed by atoms with Crippen molar-refractivity contribution < 1.29 is 19.4 Å². The summed E-state index contributed by atoms with van der Waals surface area (Å²) >= 11 is 0. The monoisotopic (exact) mass is 236 g/mol. The zero-order valence-corrected chi connectivity index (χ0v) is 10.0. The fraction of sp³-hybridized carbons (Fsp3) is 0.462. The lowest BCUT2D eigenvalue weighted by Gasteiger charge is -2.19. The largest absolute Gasteiger partial charge is 0.496 e. The predicted molar refractivity (Wildman–Crippen MR) is 62.0 cm³/mol. The molecule has 0 saturated carbocycles. The van der Waals surface area contributed by atoms with Crippen LogP contribution in [-0.2, 0) is 22.4 Å². The summed E-state index contributed by atoms with van der Waals surface area (Å²) < 4.78 is 10.1. The lowest BCUT2D eigenvalue weighted by Crippen LogP contribution is -2.41. The van der Waals surface area contributed by atoms with Gasteiger partial charge in [-0.1, -0.05) is 12.1 Å². The molecule has 1 aromatic carbocycles. The third-order valence-corrected chi connectivity index (χ3v) is 3.06. The Balaban J connectivity index is 2.29. The lowest BCUT2D eigenvalue weighted by molar-refractivity contribution is -0.163. The summed E-state index contributed by atoms with van der Waals surface area (Å²) in [4.78, 5) is 11.7. The number of methoxy groups -OCH3 is 1. The van der Waals surface area contributed by atoms with Gasteiger partial charge in [-0.15, -0.1) is 0 Å². The van der Waals surface area contributed by atoms with E-state index in [0.29, 0.717) is 12.2 Å². The van der Waals surface area contributed by atoms with Crippen LogP contribution < -0.4 is 4.74 Å². The van der Waals surface area contributed by atoms with Crippen LogP contribution in [0.1, 0.15) is 18.1 Å². The molecule has 4 nitrogen and oxygen atoms in total. The van der Waals surface area contributed by atoms with Crippen molar-refractivity contribution in [2.45, 2.75) is 25.4 Å². The summed E-state index contributed by atoms with van der Waals surface area (Å²) in [6.45, 7) is 2.00. The highest BCUT2D eigenvalue weighted by molar-refractivity contribution is 5.82. The first kappa shape index (κ1) is 11.9. The van der Waals surface area contributed by atoms with E-state index in [2.05, 4.69) is 0 Å². The fourth-order valence-electron chi connectivity index (χ4n) is 2.25. The number of hydrogen-bond acceptors (Lipinski definition) is 4. The molecule has 0 fully saturated rings. The SMILES string of the molecule is CCOC(=O)C1(O)Cc2cccc(OC)c2C1. The Bertz CT molecular complexity index is 441. The normalized spacial score (nSPS) is 22.1. The first-order valence-electron chi connectivity index (χ1n) is 5.65. The van der Waals surface area contributed by atoms with Gasteiger partial charge in [0.05, 0.1) is 13.7 Å².